The first-order valence-electron chi connectivity index (χ1n) is 13.1. The molecule has 0 spiro atoms. The van der Waals surface area contributed by atoms with Gasteiger partial charge < -0.3 is 4.74 Å². The Morgan fingerprint density at radius 3 is 1.69 bits per heavy atom. The molecule has 4 aromatic carbocycles. The fourth-order valence-corrected chi connectivity index (χ4v) is 9.56. The van der Waals surface area contributed by atoms with Gasteiger partial charge in [-0.3, -0.25) is 0 Å². The van der Waals surface area contributed by atoms with Crippen LogP contribution in [0.5, 0.6) is 5.75 Å². The van der Waals surface area contributed by atoms with Crippen LogP contribution >= 0.6 is 0 Å². The number of aryl methyl sites for hydroxylation is 1. The van der Waals surface area contributed by atoms with Crippen molar-refractivity contribution in [2.45, 2.75) is 33.5 Å². The minimum Gasteiger partial charge on any atom is -0.496 e. The molecule has 0 aliphatic carbocycles. The molecule has 0 amide bonds. The van der Waals surface area contributed by atoms with Crippen LogP contribution < -0.4 is 4.74 Å². The number of sulfone groups is 1. The largest absolute Gasteiger partial charge is 0.496 e. The molecule has 0 radical (unpaired) electrons. The maximum Gasteiger partial charge on any atom is 0.244 e. The number of rotatable bonds is 9. The summed E-state index contributed by atoms with van der Waals surface area (Å²) >= 11 is 0. The van der Waals surface area contributed by atoms with Crippen molar-refractivity contribution in [1.82, 2.24) is 8.61 Å². The van der Waals surface area contributed by atoms with Crippen LogP contribution in [0.15, 0.2) is 118 Å². The van der Waals surface area contributed by atoms with E-state index < -0.39 is 36.0 Å². The van der Waals surface area contributed by atoms with E-state index in [-0.39, 0.29) is 39.3 Å². The van der Waals surface area contributed by atoms with Crippen LogP contribution in [0.25, 0.3) is 0 Å². The Morgan fingerprint density at radius 2 is 1.17 bits per heavy atom. The van der Waals surface area contributed by atoms with Gasteiger partial charge in [0.2, 0.25) is 20.0 Å². The third kappa shape index (κ3) is 5.72. The van der Waals surface area contributed by atoms with Gasteiger partial charge in [-0.1, -0.05) is 66.2 Å². The van der Waals surface area contributed by atoms with Gasteiger partial charge >= 0.3 is 0 Å². The van der Waals surface area contributed by atoms with E-state index in [0.29, 0.717) is 11.1 Å². The topological polar surface area (TPSA) is 118 Å². The molecule has 0 aromatic heterocycles. The Balaban J connectivity index is 1.60. The molecule has 5 rings (SSSR count). The summed E-state index contributed by atoms with van der Waals surface area (Å²) in [6, 6.07) is 26.8. The van der Waals surface area contributed by atoms with E-state index in [2.05, 4.69) is 0 Å². The molecule has 1 aliphatic rings. The van der Waals surface area contributed by atoms with Crippen LogP contribution in [0.3, 0.4) is 0 Å². The van der Waals surface area contributed by atoms with E-state index in [4.69, 9.17) is 4.74 Å². The van der Waals surface area contributed by atoms with Crippen LogP contribution in [0, 0.1) is 6.92 Å². The predicted octanol–water partition coefficient (Wildman–Crippen LogP) is 4.37. The quantitative estimate of drug-likeness (QED) is 0.271. The number of hydrogen-bond acceptors (Lipinski definition) is 7. The highest BCUT2D eigenvalue weighted by Crippen LogP contribution is 2.40. The van der Waals surface area contributed by atoms with Crippen molar-refractivity contribution in [3.8, 4) is 5.75 Å². The third-order valence-corrected chi connectivity index (χ3v) is 12.5. The van der Waals surface area contributed by atoms with E-state index in [1.165, 1.54) is 55.6 Å². The number of sulfonamides is 2. The number of benzene rings is 4. The normalized spacial score (nSPS) is 16.9. The molecular weight excluding hydrogens is 597 g/mol. The number of methoxy groups -OCH3 is 1. The standard InChI is InChI=1S/C30H30N2O7S3/c1-23-13-17-28(18-14-23)42(37,38)32-20-19-31(41(35,36)27-11-7-4-8-12-27)30(32)24-15-16-25(29(21-24)39-2)22-40(33,34)26-9-5-3-6-10-26/h3-18,21,30H,19-20,22H2,1-2H3/t30-/m1/s1. The van der Waals surface area contributed by atoms with E-state index in [0.717, 1.165) is 14.2 Å². The summed E-state index contributed by atoms with van der Waals surface area (Å²) < 4.78 is 89.5. The molecule has 220 valence electrons. The highest BCUT2D eigenvalue weighted by Gasteiger charge is 2.46. The van der Waals surface area contributed by atoms with E-state index in [9.17, 15) is 25.3 Å². The minimum absolute atomic E-state index is 0.0297. The van der Waals surface area contributed by atoms with Gasteiger partial charge in [-0.15, -0.1) is 0 Å². The third-order valence-electron chi connectivity index (χ3n) is 7.12. The lowest BCUT2D eigenvalue weighted by Crippen LogP contribution is -2.38. The lowest BCUT2D eigenvalue weighted by Gasteiger charge is -2.30. The second kappa shape index (κ2) is 11.6. The molecule has 4 aromatic rings. The predicted molar refractivity (Wildman–Crippen MR) is 158 cm³/mol. The smallest absolute Gasteiger partial charge is 0.244 e. The molecule has 12 heteroatoms. The lowest BCUT2D eigenvalue weighted by atomic mass is 10.1. The van der Waals surface area contributed by atoms with Crippen LogP contribution in [-0.2, 0) is 35.6 Å². The van der Waals surface area contributed by atoms with Crippen molar-refractivity contribution >= 4 is 29.9 Å². The van der Waals surface area contributed by atoms with Crippen molar-refractivity contribution in [3.05, 3.63) is 120 Å². The van der Waals surface area contributed by atoms with Gasteiger partial charge in [0.25, 0.3) is 0 Å². The van der Waals surface area contributed by atoms with Crippen molar-refractivity contribution in [2.24, 2.45) is 0 Å². The van der Waals surface area contributed by atoms with Gasteiger partial charge in [-0.25, -0.2) is 25.3 Å². The molecule has 1 fully saturated rings. The van der Waals surface area contributed by atoms with Crippen LogP contribution in [0.2, 0.25) is 0 Å². The summed E-state index contributed by atoms with van der Waals surface area (Å²) in [4.78, 5) is 0.221. The monoisotopic (exact) mass is 626 g/mol. The zero-order valence-corrected chi connectivity index (χ0v) is 25.4. The lowest BCUT2D eigenvalue weighted by molar-refractivity contribution is 0.290. The molecule has 0 bridgehead atoms. The summed E-state index contributed by atoms with van der Waals surface area (Å²) in [6.45, 7) is 1.67. The highest BCUT2D eigenvalue weighted by molar-refractivity contribution is 7.90. The maximum absolute atomic E-state index is 13.9. The van der Waals surface area contributed by atoms with Crippen molar-refractivity contribution in [3.63, 3.8) is 0 Å². The molecule has 1 saturated heterocycles. The van der Waals surface area contributed by atoms with Gasteiger partial charge in [0.15, 0.2) is 9.84 Å². The first-order chi connectivity index (χ1) is 19.9. The average molecular weight is 627 g/mol. The molecule has 1 aliphatic heterocycles. The summed E-state index contributed by atoms with van der Waals surface area (Å²) in [5, 5.41) is 0. The van der Waals surface area contributed by atoms with E-state index >= 15 is 0 Å². The maximum atomic E-state index is 13.9. The average Bonchev–Trinajstić information content (AvgIpc) is 3.46. The molecule has 9 nitrogen and oxygen atoms in total. The summed E-state index contributed by atoms with van der Waals surface area (Å²) in [7, 11) is -10.6. The molecule has 0 unspecified atom stereocenters. The molecule has 1 heterocycles. The van der Waals surface area contributed by atoms with Gasteiger partial charge in [-0.05, 0) is 55.0 Å². The Morgan fingerprint density at radius 1 is 0.667 bits per heavy atom. The molecule has 0 saturated carbocycles. The molecule has 42 heavy (non-hydrogen) atoms. The van der Waals surface area contributed by atoms with E-state index in [1.54, 1.807) is 54.6 Å². The number of nitrogens with zero attached hydrogens (tertiary/aromatic N) is 2. The van der Waals surface area contributed by atoms with Gasteiger partial charge in [0.1, 0.15) is 11.9 Å². The van der Waals surface area contributed by atoms with Gasteiger partial charge in [0, 0.05) is 18.7 Å². The van der Waals surface area contributed by atoms with Crippen LogP contribution in [0.1, 0.15) is 22.9 Å². The summed E-state index contributed by atoms with van der Waals surface area (Å²) in [5.74, 6) is -0.161. The van der Waals surface area contributed by atoms with Crippen LogP contribution in [-0.4, -0.2) is 54.1 Å². The van der Waals surface area contributed by atoms with Crippen LogP contribution in [0.4, 0.5) is 0 Å². The van der Waals surface area contributed by atoms with Crippen molar-refractivity contribution < 1.29 is 30.0 Å². The number of ether oxygens (including phenoxy) is 1. The number of hydrogen-bond donors (Lipinski definition) is 0. The van der Waals surface area contributed by atoms with E-state index in [1.807, 2.05) is 6.92 Å². The SMILES string of the molecule is COc1cc([C@@H]2N(S(=O)(=O)c3ccccc3)CCN2S(=O)(=O)c2ccc(C)cc2)ccc1CS(=O)(=O)c1ccccc1. The first-order valence-corrected chi connectivity index (χ1v) is 17.6. The Bertz CT molecular complexity index is 1900. The summed E-state index contributed by atoms with van der Waals surface area (Å²) in [6.07, 6.45) is -1.24. The first kappa shape index (κ1) is 29.9. The Hall–Kier alpha value is -3.55. The fourth-order valence-electron chi connectivity index (χ4n) is 4.95. The van der Waals surface area contributed by atoms with Gasteiger partial charge in [0.05, 0.1) is 27.5 Å². The fraction of sp³-hybridized carbons (Fsp3) is 0.200. The zero-order valence-electron chi connectivity index (χ0n) is 23.0. The molecule has 1 atom stereocenters. The van der Waals surface area contributed by atoms with Crippen molar-refractivity contribution in [2.75, 3.05) is 20.2 Å². The van der Waals surface area contributed by atoms with Gasteiger partial charge in [-0.2, -0.15) is 8.61 Å². The Labute approximate surface area is 247 Å². The second-order valence-electron chi connectivity index (χ2n) is 9.87. The molecule has 0 N–H and O–H groups in total. The second-order valence-corrected chi connectivity index (χ2v) is 15.6. The molecular formula is C30H30N2O7S3. The highest BCUT2D eigenvalue weighted by atomic mass is 32.2. The minimum atomic E-state index is -4.13. The van der Waals surface area contributed by atoms with Crippen molar-refractivity contribution in [1.29, 1.82) is 0 Å². The summed E-state index contributed by atoms with van der Waals surface area (Å²) in [5.41, 5.74) is 1.56. The zero-order chi connectivity index (χ0) is 30.1. The Kier molecular flexibility index (Phi) is 8.28.